The Kier molecular flexibility index (Phi) is 5.63. The number of nitrogens with zero attached hydrogens (tertiary/aromatic N) is 1. The van der Waals surface area contributed by atoms with Crippen molar-refractivity contribution < 1.29 is 13.9 Å². The molecule has 94 valence electrons. The predicted octanol–water partition coefficient (Wildman–Crippen LogP) is 2.32. The molecular weight excluding hydrogens is 221 g/mol. The van der Waals surface area contributed by atoms with Crippen LogP contribution in [0.4, 0.5) is 4.39 Å². The standard InChI is InChI=1S/C13H18FNO2/c1-3-15(4-2)9-10-17-13(16)11-5-7-12(14)8-6-11/h5-8H,3-4,9-10H2,1-2H3. The third-order valence-corrected chi connectivity index (χ3v) is 2.62. The molecule has 0 spiro atoms. The smallest absolute Gasteiger partial charge is 0.338 e. The zero-order chi connectivity index (χ0) is 12.7. The van der Waals surface area contributed by atoms with E-state index in [1.54, 1.807) is 0 Å². The SMILES string of the molecule is CCN(CC)CCOC(=O)c1ccc(F)cc1. The number of benzene rings is 1. The summed E-state index contributed by atoms with van der Waals surface area (Å²) >= 11 is 0. The highest BCUT2D eigenvalue weighted by atomic mass is 19.1. The number of ether oxygens (including phenoxy) is 1. The summed E-state index contributed by atoms with van der Waals surface area (Å²) < 4.78 is 17.7. The van der Waals surface area contributed by atoms with Crippen LogP contribution in [-0.2, 0) is 4.74 Å². The van der Waals surface area contributed by atoms with Gasteiger partial charge in [0.25, 0.3) is 0 Å². The summed E-state index contributed by atoms with van der Waals surface area (Å²) in [6, 6.07) is 5.35. The number of hydrogen-bond donors (Lipinski definition) is 0. The van der Waals surface area contributed by atoms with Crippen molar-refractivity contribution in [2.45, 2.75) is 13.8 Å². The van der Waals surface area contributed by atoms with Crippen LogP contribution in [0.3, 0.4) is 0 Å². The first kappa shape index (κ1) is 13.6. The zero-order valence-electron chi connectivity index (χ0n) is 10.3. The highest BCUT2D eigenvalue weighted by molar-refractivity contribution is 5.89. The molecule has 0 amide bonds. The summed E-state index contributed by atoms with van der Waals surface area (Å²) in [5.74, 6) is -0.762. The number of carbonyl (C=O) groups is 1. The van der Waals surface area contributed by atoms with Gasteiger partial charge >= 0.3 is 5.97 Å². The van der Waals surface area contributed by atoms with E-state index in [-0.39, 0.29) is 5.82 Å². The van der Waals surface area contributed by atoms with Crippen LogP contribution in [-0.4, -0.2) is 37.1 Å². The minimum atomic E-state index is -0.405. The molecule has 1 aromatic carbocycles. The van der Waals surface area contributed by atoms with Crippen LogP contribution in [0.15, 0.2) is 24.3 Å². The van der Waals surface area contributed by atoms with Crippen LogP contribution in [0.5, 0.6) is 0 Å². The number of hydrogen-bond acceptors (Lipinski definition) is 3. The molecule has 0 aliphatic heterocycles. The summed E-state index contributed by atoms with van der Waals surface area (Å²) in [4.78, 5) is 13.7. The van der Waals surface area contributed by atoms with Gasteiger partial charge in [0.05, 0.1) is 5.56 Å². The number of likely N-dealkylation sites (N-methyl/N-ethyl adjacent to an activating group) is 1. The van der Waals surface area contributed by atoms with Crippen LogP contribution in [0.1, 0.15) is 24.2 Å². The summed E-state index contributed by atoms with van der Waals surface area (Å²) in [5.41, 5.74) is 0.381. The van der Waals surface area contributed by atoms with Crippen molar-refractivity contribution in [2.75, 3.05) is 26.2 Å². The van der Waals surface area contributed by atoms with Crippen molar-refractivity contribution in [3.63, 3.8) is 0 Å². The van der Waals surface area contributed by atoms with E-state index in [2.05, 4.69) is 18.7 Å². The normalized spacial score (nSPS) is 10.6. The molecule has 3 nitrogen and oxygen atoms in total. The van der Waals surface area contributed by atoms with Gasteiger partial charge in [-0.3, -0.25) is 0 Å². The maximum absolute atomic E-state index is 12.6. The van der Waals surface area contributed by atoms with Gasteiger partial charge in [-0.25, -0.2) is 9.18 Å². The molecule has 0 radical (unpaired) electrons. The average molecular weight is 239 g/mol. The lowest BCUT2D eigenvalue weighted by atomic mass is 10.2. The van der Waals surface area contributed by atoms with Gasteiger partial charge in [-0.2, -0.15) is 0 Å². The van der Waals surface area contributed by atoms with Crippen molar-refractivity contribution in [3.8, 4) is 0 Å². The lowest BCUT2D eigenvalue weighted by molar-refractivity contribution is 0.0466. The molecule has 0 saturated heterocycles. The van der Waals surface area contributed by atoms with Crippen molar-refractivity contribution in [2.24, 2.45) is 0 Å². The van der Waals surface area contributed by atoms with Gasteiger partial charge in [-0.05, 0) is 37.4 Å². The second-order valence-electron chi connectivity index (χ2n) is 3.67. The first-order chi connectivity index (χ1) is 8.17. The maximum atomic E-state index is 12.6. The molecule has 0 fully saturated rings. The molecule has 0 bridgehead atoms. The van der Waals surface area contributed by atoms with Crippen molar-refractivity contribution >= 4 is 5.97 Å². The number of esters is 1. The number of carbonyl (C=O) groups excluding carboxylic acids is 1. The van der Waals surface area contributed by atoms with E-state index in [0.29, 0.717) is 12.2 Å². The summed E-state index contributed by atoms with van der Waals surface area (Å²) in [6.45, 7) is 7.07. The first-order valence-corrected chi connectivity index (χ1v) is 5.82. The van der Waals surface area contributed by atoms with E-state index in [1.807, 2.05) is 0 Å². The van der Waals surface area contributed by atoms with Crippen LogP contribution in [0.2, 0.25) is 0 Å². The predicted molar refractivity (Wildman–Crippen MR) is 64.5 cm³/mol. The topological polar surface area (TPSA) is 29.5 Å². The number of rotatable bonds is 6. The van der Waals surface area contributed by atoms with Crippen LogP contribution in [0, 0.1) is 5.82 Å². The fraction of sp³-hybridized carbons (Fsp3) is 0.462. The lowest BCUT2D eigenvalue weighted by Crippen LogP contribution is -2.27. The minimum absolute atomic E-state index is 0.357. The third kappa shape index (κ3) is 4.53. The Morgan fingerprint density at radius 2 is 1.82 bits per heavy atom. The summed E-state index contributed by atoms with van der Waals surface area (Å²) in [6.07, 6.45) is 0. The van der Waals surface area contributed by atoms with E-state index in [9.17, 15) is 9.18 Å². The number of halogens is 1. The average Bonchev–Trinajstić information content (AvgIpc) is 2.35. The fourth-order valence-corrected chi connectivity index (χ4v) is 1.48. The second-order valence-corrected chi connectivity index (χ2v) is 3.67. The van der Waals surface area contributed by atoms with Gasteiger partial charge in [-0.15, -0.1) is 0 Å². The van der Waals surface area contributed by atoms with Crippen LogP contribution < -0.4 is 0 Å². The molecule has 1 aromatic rings. The quantitative estimate of drug-likeness (QED) is 0.713. The Morgan fingerprint density at radius 3 is 2.35 bits per heavy atom. The second kappa shape index (κ2) is 7.01. The van der Waals surface area contributed by atoms with Gasteiger partial charge < -0.3 is 9.64 Å². The molecule has 0 N–H and O–H groups in total. The van der Waals surface area contributed by atoms with Crippen molar-refractivity contribution in [3.05, 3.63) is 35.6 Å². The fourth-order valence-electron chi connectivity index (χ4n) is 1.48. The molecule has 0 saturated carbocycles. The molecule has 4 heteroatoms. The van der Waals surface area contributed by atoms with Gasteiger partial charge in [0, 0.05) is 6.54 Å². The first-order valence-electron chi connectivity index (χ1n) is 5.82. The Hall–Kier alpha value is -1.42. The Bertz CT molecular complexity index is 347. The summed E-state index contributed by atoms with van der Waals surface area (Å²) in [5, 5.41) is 0. The van der Waals surface area contributed by atoms with Crippen molar-refractivity contribution in [1.29, 1.82) is 0 Å². The molecule has 0 aliphatic carbocycles. The van der Waals surface area contributed by atoms with Crippen molar-refractivity contribution in [1.82, 2.24) is 4.90 Å². The Balaban J connectivity index is 2.37. The lowest BCUT2D eigenvalue weighted by Gasteiger charge is -2.17. The minimum Gasteiger partial charge on any atom is -0.461 e. The van der Waals surface area contributed by atoms with Crippen LogP contribution >= 0.6 is 0 Å². The van der Waals surface area contributed by atoms with Crippen LogP contribution in [0.25, 0.3) is 0 Å². The van der Waals surface area contributed by atoms with E-state index < -0.39 is 5.97 Å². The highest BCUT2D eigenvalue weighted by Crippen LogP contribution is 2.04. The zero-order valence-corrected chi connectivity index (χ0v) is 10.3. The molecule has 0 unspecified atom stereocenters. The Labute approximate surface area is 101 Å². The molecule has 0 atom stereocenters. The van der Waals surface area contributed by atoms with E-state index in [0.717, 1.165) is 19.6 Å². The van der Waals surface area contributed by atoms with Gasteiger partial charge in [0.1, 0.15) is 12.4 Å². The Morgan fingerprint density at radius 1 is 1.24 bits per heavy atom. The van der Waals surface area contributed by atoms with E-state index in [1.165, 1.54) is 24.3 Å². The maximum Gasteiger partial charge on any atom is 0.338 e. The molecule has 17 heavy (non-hydrogen) atoms. The third-order valence-electron chi connectivity index (χ3n) is 2.62. The molecule has 0 aromatic heterocycles. The molecular formula is C13H18FNO2. The van der Waals surface area contributed by atoms with Gasteiger partial charge in [-0.1, -0.05) is 13.8 Å². The highest BCUT2D eigenvalue weighted by Gasteiger charge is 2.07. The molecule has 1 rings (SSSR count). The van der Waals surface area contributed by atoms with E-state index >= 15 is 0 Å². The molecule has 0 aliphatic rings. The molecule has 0 heterocycles. The largest absolute Gasteiger partial charge is 0.461 e. The summed E-state index contributed by atoms with van der Waals surface area (Å²) in [7, 11) is 0. The van der Waals surface area contributed by atoms with E-state index in [4.69, 9.17) is 4.74 Å². The van der Waals surface area contributed by atoms with Gasteiger partial charge in [0.15, 0.2) is 0 Å². The monoisotopic (exact) mass is 239 g/mol. The van der Waals surface area contributed by atoms with Gasteiger partial charge in [0.2, 0.25) is 0 Å².